The molecule has 2 atom stereocenters. The van der Waals surface area contributed by atoms with Gasteiger partial charge in [0, 0.05) is 17.8 Å². The van der Waals surface area contributed by atoms with E-state index in [2.05, 4.69) is 10.6 Å². The van der Waals surface area contributed by atoms with Crippen LogP contribution in [0.4, 0.5) is 11.4 Å². The number of amides is 2. The van der Waals surface area contributed by atoms with E-state index in [0.29, 0.717) is 31.4 Å². The van der Waals surface area contributed by atoms with Gasteiger partial charge in [-0.25, -0.2) is 0 Å². The lowest BCUT2D eigenvalue weighted by Crippen LogP contribution is -2.36. The van der Waals surface area contributed by atoms with Crippen LogP contribution in [0.2, 0.25) is 0 Å². The highest BCUT2D eigenvalue weighted by molar-refractivity contribution is 5.98. The average molecular weight is 316 g/mol. The van der Waals surface area contributed by atoms with E-state index in [1.807, 2.05) is 6.07 Å². The van der Waals surface area contributed by atoms with Crippen LogP contribution in [0, 0.1) is 11.8 Å². The van der Waals surface area contributed by atoms with Gasteiger partial charge in [-0.15, -0.1) is 0 Å². The number of carboxylic acid groups (broad SMARTS) is 1. The summed E-state index contributed by atoms with van der Waals surface area (Å²) < 4.78 is 0. The van der Waals surface area contributed by atoms with E-state index in [4.69, 9.17) is 0 Å². The molecule has 3 rings (SSSR count). The summed E-state index contributed by atoms with van der Waals surface area (Å²) in [6.45, 7) is 0. The predicted octanol–water partition coefficient (Wildman–Crippen LogP) is 2.40. The number of carbonyl (C=O) groups is 3. The van der Waals surface area contributed by atoms with Gasteiger partial charge in [-0.3, -0.25) is 14.4 Å². The maximum absolute atomic E-state index is 12.5. The molecule has 2 aliphatic rings. The van der Waals surface area contributed by atoms with Crippen LogP contribution in [0.25, 0.3) is 0 Å². The van der Waals surface area contributed by atoms with Crippen LogP contribution in [0.3, 0.4) is 0 Å². The Balaban J connectivity index is 1.73. The number of nitrogens with one attached hydrogen (secondary N) is 2. The molecule has 6 nitrogen and oxygen atoms in total. The van der Waals surface area contributed by atoms with Gasteiger partial charge in [-0.05, 0) is 37.0 Å². The number of benzene rings is 1. The quantitative estimate of drug-likeness (QED) is 0.798. The van der Waals surface area contributed by atoms with Crippen molar-refractivity contribution in [1.82, 2.24) is 0 Å². The Hall–Kier alpha value is -2.37. The Labute approximate surface area is 134 Å². The zero-order valence-electron chi connectivity index (χ0n) is 12.8. The van der Waals surface area contributed by atoms with Crippen LogP contribution >= 0.6 is 0 Å². The Kier molecular flexibility index (Phi) is 4.32. The van der Waals surface area contributed by atoms with E-state index < -0.39 is 17.8 Å². The Bertz CT molecular complexity index is 656. The summed E-state index contributed by atoms with van der Waals surface area (Å²) in [4.78, 5) is 35.2. The van der Waals surface area contributed by atoms with Crippen LogP contribution in [-0.4, -0.2) is 22.9 Å². The van der Waals surface area contributed by atoms with Gasteiger partial charge in [0.1, 0.15) is 0 Å². The standard InChI is InChI=1S/C17H20N2O4/c20-15-8-6-10-5-7-11(9-14(10)19-15)18-16(21)12-3-1-2-4-13(12)17(22)23/h5,7,9,12-13H,1-4,6,8H2,(H,18,21)(H,19,20)(H,22,23). The van der Waals surface area contributed by atoms with Crippen molar-refractivity contribution in [3.05, 3.63) is 23.8 Å². The molecule has 2 amide bonds. The number of carboxylic acids is 1. The zero-order chi connectivity index (χ0) is 16.4. The van der Waals surface area contributed by atoms with Crippen LogP contribution in [-0.2, 0) is 20.8 Å². The minimum atomic E-state index is -0.900. The summed E-state index contributed by atoms with van der Waals surface area (Å²) >= 11 is 0. The van der Waals surface area contributed by atoms with Gasteiger partial charge in [0.15, 0.2) is 0 Å². The largest absolute Gasteiger partial charge is 0.481 e. The number of carbonyl (C=O) groups excluding carboxylic acids is 2. The molecule has 2 unspecified atom stereocenters. The topological polar surface area (TPSA) is 95.5 Å². The molecule has 0 aromatic heterocycles. The first-order valence-electron chi connectivity index (χ1n) is 8.01. The van der Waals surface area contributed by atoms with Gasteiger partial charge in [0.25, 0.3) is 0 Å². The van der Waals surface area contributed by atoms with E-state index in [-0.39, 0.29) is 11.8 Å². The number of hydrogen-bond donors (Lipinski definition) is 3. The molecule has 1 aromatic carbocycles. The van der Waals surface area contributed by atoms with Crippen molar-refractivity contribution in [1.29, 1.82) is 0 Å². The van der Waals surface area contributed by atoms with Crippen LogP contribution in [0.15, 0.2) is 18.2 Å². The molecule has 1 aromatic rings. The molecule has 1 aliphatic carbocycles. The molecule has 0 spiro atoms. The third kappa shape index (κ3) is 3.36. The highest BCUT2D eigenvalue weighted by Crippen LogP contribution is 2.32. The van der Waals surface area contributed by atoms with Crippen molar-refractivity contribution >= 4 is 29.2 Å². The molecule has 122 valence electrons. The lowest BCUT2D eigenvalue weighted by molar-refractivity contribution is -0.147. The van der Waals surface area contributed by atoms with Crippen molar-refractivity contribution in [3.63, 3.8) is 0 Å². The summed E-state index contributed by atoms with van der Waals surface area (Å²) in [5.41, 5.74) is 2.35. The molecule has 1 heterocycles. The van der Waals surface area contributed by atoms with Crippen molar-refractivity contribution in [3.8, 4) is 0 Å². The first-order chi connectivity index (χ1) is 11.0. The number of rotatable bonds is 3. The summed E-state index contributed by atoms with van der Waals surface area (Å²) in [6.07, 6.45) is 4.05. The van der Waals surface area contributed by atoms with Crippen LogP contribution in [0.5, 0.6) is 0 Å². The monoisotopic (exact) mass is 316 g/mol. The summed E-state index contributed by atoms with van der Waals surface area (Å²) in [5, 5.41) is 14.9. The number of hydrogen-bond acceptors (Lipinski definition) is 3. The van der Waals surface area contributed by atoms with Crippen molar-refractivity contribution in [2.24, 2.45) is 11.8 Å². The molecule has 0 saturated heterocycles. The van der Waals surface area contributed by atoms with E-state index in [1.54, 1.807) is 12.1 Å². The minimum Gasteiger partial charge on any atom is -0.481 e. The van der Waals surface area contributed by atoms with Crippen molar-refractivity contribution < 1.29 is 19.5 Å². The smallest absolute Gasteiger partial charge is 0.307 e. The third-order valence-corrected chi connectivity index (χ3v) is 4.69. The molecule has 1 aliphatic heterocycles. The first-order valence-corrected chi connectivity index (χ1v) is 8.01. The van der Waals surface area contributed by atoms with E-state index in [0.717, 1.165) is 24.1 Å². The second-order valence-electron chi connectivity index (χ2n) is 6.25. The predicted molar refractivity (Wildman–Crippen MR) is 85.1 cm³/mol. The highest BCUT2D eigenvalue weighted by atomic mass is 16.4. The SMILES string of the molecule is O=C1CCc2ccc(NC(=O)C3CCCCC3C(=O)O)cc2N1. The van der Waals surface area contributed by atoms with Gasteiger partial charge in [-0.1, -0.05) is 18.9 Å². The van der Waals surface area contributed by atoms with Gasteiger partial charge in [-0.2, -0.15) is 0 Å². The van der Waals surface area contributed by atoms with Crippen LogP contribution in [0.1, 0.15) is 37.7 Å². The molecule has 23 heavy (non-hydrogen) atoms. The second kappa shape index (κ2) is 6.40. The number of fused-ring (bicyclic) bond motifs is 1. The Morgan fingerprint density at radius 1 is 1.13 bits per heavy atom. The molecular weight excluding hydrogens is 296 g/mol. The lowest BCUT2D eigenvalue weighted by Gasteiger charge is -2.27. The molecule has 1 fully saturated rings. The third-order valence-electron chi connectivity index (χ3n) is 4.69. The number of aliphatic carboxylic acids is 1. The minimum absolute atomic E-state index is 0.0285. The fourth-order valence-corrected chi connectivity index (χ4v) is 3.42. The molecule has 6 heteroatoms. The molecule has 3 N–H and O–H groups in total. The van der Waals surface area contributed by atoms with E-state index in [1.165, 1.54) is 0 Å². The summed E-state index contributed by atoms with van der Waals surface area (Å²) in [7, 11) is 0. The van der Waals surface area contributed by atoms with E-state index >= 15 is 0 Å². The van der Waals surface area contributed by atoms with Crippen molar-refractivity contribution in [2.45, 2.75) is 38.5 Å². The summed E-state index contributed by atoms with van der Waals surface area (Å²) in [5.74, 6) is -2.28. The fraction of sp³-hybridized carbons (Fsp3) is 0.471. The lowest BCUT2D eigenvalue weighted by atomic mass is 9.78. The fourth-order valence-electron chi connectivity index (χ4n) is 3.42. The van der Waals surface area contributed by atoms with Gasteiger partial charge >= 0.3 is 5.97 Å². The molecule has 0 radical (unpaired) electrons. The van der Waals surface area contributed by atoms with Crippen molar-refractivity contribution in [2.75, 3.05) is 10.6 Å². The molecule has 0 bridgehead atoms. The molecule has 1 saturated carbocycles. The summed E-state index contributed by atoms with van der Waals surface area (Å²) in [6, 6.07) is 5.43. The second-order valence-corrected chi connectivity index (χ2v) is 6.25. The first kappa shape index (κ1) is 15.5. The molecular formula is C17H20N2O4. The number of anilines is 2. The number of aryl methyl sites for hydroxylation is 1. The van der Waals surface area contributed by atoms with Gasteiger partial charge in [0.2, 0.25) is 11.8 Å². The highest BCUT2D eigenvalue weighted by Gasteiger charge is 2.35. The Morgan fingerprint density at radius 3 is 2.61 bits per heavy atom. The maximum atomic E-state index is 12.5. The normalized spacial score (nSPS) is 23.6. The van der Waals surface area contributed by atoms with Gasteiger partial charge < -0.3 is 15.7 Å². The average Bonchev–Trinajstić information content (AvgIpc) is 2.54. The van der Waals surface area contributed by atoms with E-state index in [9.17, 15) is 19.5 Å². The maximum Gasteiger partial charge on any atom is 0.307 e. The van der Waals surface area contributed by atoms with Crippen LogP contribution < -0.4 is 10.6 Å². The zero-order valence-corrected chi connectivity index (χ0v) is 12.8. The Morgan fingerprint density at radius 2 is 1.87 bits per heavy atom. The van der Waals surface area contributed by atoms with Gasteiger partial charge in [0.05, 0.1) is 11.8 Å².